The maximum Gasteiger partial charge on any atom is 0.223 e. The van der Waals surface area contributed by atoms with Crippen molar-refractivity contribution in [3.8, 4) is 0 Å². The van der Waals surface area contributed by atoms with Gasteiger partial charge in [0, 0.05) is 16.8 Å². The van der Waals surface area contributed by atoms with Crippen molar-refractivity contribution in [1.82, 2.24) is 5.32 Å². The SMILES string of the molecule is CC(C)(CCBr)NC(=O)C1CC1. The van der Waals surface area contributed by atoms with Crippen molar-refractivity contribution in [3.63, 3.8) is 0 Å². The molecule has 0 aromatic rings. The van der Waals surface area contributed by atoms with Crippen LogP contribution < -0.4 is 5.32 Å². The molecule has 12 heavy (non-hydrogen) atoms. The summed E-state index contributed by atoms with van der Waals surface area (Å²) in [5.74, 6) is 0.556. The number of carbonyl (C=O) groups excluding carboxylic acids is 1. The van der Waals surface area contributed by atoms with Gasteiger partial charge in [-0.15, -0.1) is 0 Å². The maximum absolute atomic E-state index is 11.4. The zero-order chi connectivity index (χ0) is 9.19. The lowest BCUT2D eigenvalue weighted by Crippen LogP contribution is -2.44. The molecule has 0 atom stereocenters. The van der Waals surface area contributed by atoms with Crippen LogP contribution in [-0.2, 0) is 4.79 Å². The van der Waals surface area contributed by atoms with Gasteiger partial charge in [0.15, 0.2) is 0 Å². The van der Waals surface area contributed by atoms with Crippen LogP contribution in [0.25, 0.3) is 0 Å². The Bertz CT molecular complexity index is 175. The van der Waals surface area contributed by atoms with E-state index in [0.29, 0.717) is 5.92 Å². The summed E-state index contributed by atoms with van der Waals surface area (Å²) in [6.45, 7) is 4.13. The molecular weight excluding hydrogens is 218 g/mol. The number of hydrogen-bond acceptors (Lipinski definition) is 1. The van der Waals surface area contributed by atoms with Gasteiger partial charge in [-0.3, -0.25) is 4.79 Å². The zero-order valence-corrected chi connectivity index (χ0v) is 9.28. The summed E-state index contributed by atoms with van der Waals surface area (Å²) in [4.78, 5) is 11.4. The third-order valence-electron chi connectivity index (χ3n) is 2.13. The fourth-order valence-electron chi connectivity index (χ4n) is 1.08. The van der Waals surface area contributed by atoms with Gasteiger partial charge in [0.05, 0.1) is 0 Å². The van der Waals surface area contributed by atoms with E-state index in [1.807, 2.05) is 0 Å². The van der Waals surface area contributed by atoms with Gasteiger partial charge in [-0.2, -0.15) is 0 Å². The Morgan fingerprint density at radius 1 is 1.58 bits per heavy atom. The van der Waals surface area contributed by atoms with E-state index in [1.165, 1.54) is 0 Å². The van der Waals surface area contributed by atoms with E-state index in [4.69, 9.17) is 0 Å². The van der Waals surface area contributed by atoms with E-state index in [0.717, 1.165) is 24.6 Å². The highest BCUT2D eigenvalue weighted by molar-refractivity contribution is 9.09. The van der Waals surface area contributed by atoms with E-state index in [-0.39, 0.29) is 11.4 Å². The minimum atomic E-state index is -0.0524. The van der Waals surface area contributed by atoms with Crippen LogP contribution in [0.5, 0.6) is 0 Å². The zero-order valence-electron chi connectivity index (χ0n) is 7.69. The molecule has 0 aliphatic heterocycles. The summed E-state index contributed by atoms with van der Waals surface area (Å²) in [5.41, 5.74) is -0.0524. The van der Waals surface area contributed by atoms with E-state index in [9.17, 15) is 4.79 Å². The van der Waals surface area contributed by atoms with Crippen molar-refractivity contribution < 1.29 is 4.79 Å². The van der Waals surface area contributed by atoms with Gasteiger partial charge >= 0.3 is 0 Å². The quantitative estimate of drug-likeness (QED) is 0.741. The fraction of sp³-hybridized carbons (Fsp3) is 0.889. The molecule has 0 radical (unpaired) electrons. The molecule has 0 spiro atoms. The molecular formula is C9H16BrNO. The predicted octanol–water partition coefficient (Wildman–Crippen LogP) is 2.08. The Balaban J connectivity index is 2.31. The Morgan fingerprint density at radius 2 is 2.17 bits per heavy atom. The molecule has 0 unspecified atom stereocenters. The highest BCUT2D eigenvalue weighted by Gasteiger charge is 2.32. The lowest BCUT2D eigenvalue weighted by atomic mass is 10.0. The minimum absolute atomic E-state index is 0.0524. The van der Waals surface area contributed by atoms with Gasteiger partial charge in [-0.05, 0) is 33.1 Å². The van der Waals surface area contributed by atoms with Crippen LogP contribution in [0.1, 0.15) is 33.1 Å². The van der Waals surface area contributed by atoms with E-state index in [2.05, 4.69) is 35.1 Å². The van der Waals surface area contributed by atoms with Gasteiger partial charge in [0.1, 0.15) is 0 Å². The van der Waals surface area contributed by atoms with Crippen molar-refractivity contribution in [2.45, 2.75) is 38.6 Å². The first-order chi connectivity index (χ1) is 5.55. The smallest absolute Gasteiger partial charge is 0.223 e. The number of amides is 1. The van der Waals surface area contributed by atoms with Crippen LogP contribution in [0, 0.1) is 5.92 Å². The van der Waals surface area contributed by atoms with Crippen molar-refractivity contribution >= 4 is 21.8 Å². The minimum Gasteiger partial charge on any atom is -0.351 e. The Kier molecular flexibility index (Phi) is 3.16. The average molecular weight is 234 g/mol. The molecule has 1 rings (SSSR count). The average Bonchev–Trinajstić information content (AvgIpc) is 2.65. The summed E-state index contributed by atoms with van der Waals surface area (Å²) in [6.07, 6.45) is 3.14. The van der Waals surface area contributed by atoms with E-state index >= 15 is 0 Å². The number of nitrogens with one attached hydrogen (secondary N) is 1. The highest BCUT2D eigenvalue weighted by atomic mass is 79.9. The van der Waals surface area contributed by atoms with E-state index in [1.54, 1.807) is 0 Å². The fourth-order valence-corrected chi connectivity index (χ4v) is 2.07. The standard InChI is InChI=1S/C9H16BrNO/c1-9(2,5-6-10)11-8(12)7-3-4-7/h7H,3-6H2,1-2H3,(H,11,12). The van der Waals surface area contributed by atoms with Crippen molar-refractivity contribution in [2.75, 3.05) is 5.33 Å². The second kappa shape index (κ2) is 3.77. The lowest BCUT2D eigenvalue weighted by molar-refractivity contribution is -0.123. The first-order valence-corrected chi connectivity index (χ1v) is 5.55. The molecule has 2 nitrogen and oxygen atoms in total. The van der Waals surface area contributed by atoms with Crippen molar-refractivity contribution in [1.29, 1.82) is 0 Å². The van der Waals surface area contributed by atoms with Crippen LogP contribution in [-0.4, -0.2) is 16.8 Å². The third-order valence-corrected chi connectivity index (χ3v) is 2.53. The topological polar surface area (TPSA) is 29.1 Å². The largest absolute Gasteiger partial charge is 0.351 e. The molecule has 1 amide bonds. The summed E-state index contributed by atoms with van der Waals surface area (Å²) in [6, 6.07) is 0. The molecule has 1 N–H and O–H groups in total. The molecule has 3 heteroatoms. The third kappa shape index (κ3) is 3.13. The molecule has 0 saturated heterocycles. The second-order valence-electron chi connectivity index (χ2n) is 4.09. The van der Waals surface area contributed by atoms with E-state index < -0.39 is 0 Å². The molecule has 0 bridgehead atoms. The predicted molar refractivity (Wildman–Crippen MR) is 53.4 cm³/mol. The van der Waals surface area contributed by atoms with Gasteiger partial charge in [-0.25, -0.2) is 0 Å². The normalized spacial score (nSPS) is 17.6. The number of carbonyl (C=O) groups is 1. The summed E-state index contributed by atoms with van der Waals surface area (Å²) in [7, 11) is 0. The first kappa shape index (κ1) is 10.0. The van der Waals surface area contributed by atoms with Crippen LogP contribution in [0.15, 0.2) is 0 Å². The number of halogens is 1. The van der Waals surface area contributed by atoms with Crippen LogP contribution in [0.4, 0.5) is 0 Å². The van der Waals surface area contributed by atoms with Crippen LogP contribution in [0.3, 0.4) is 0 Å². The highest BCUT2D eigenvalue weighted by Crippen LogP contribution is 2.29. The van der Waals surface area contributed by atoms with Crippen molar-refractivity contribution in [2.24, 2.45) is 5.92 Å². The van der Waals surface area contributed by atoms with Gasteiger partial charge < -0.3 is 5.32 Å². The lowest BCUT2D eigenvalue weighted by Gasteiger charge is -2.25. The number of hydrogen-bond donors (Lipinski definition) is 1. The summed E-state index contributed by atoms with van der Waals surface area (Å²) in [5, 5.41) is 3.99. The van der Waals surface area contributed by atoms with Gasteiger partial charge in [-0.1, -0.05) is 15.9 Å². The molecule has 1 aliphatic rings. The van der Waals surface area contributed by atoms with Gasteiger partial charge in [0.2, 0.25) is 5.91 Å². The monoisotopic (exact) mass is 233 g/mol. The Hall–Kier alpha value is -0.0500. The number of rotatable bonds is 4. The molecule has 0 heterocycles. The first-order valence-electron chi connectivity index (χ1n) is 4.43. The van der Waals surface area contributed by atoms with Crippen LogP contribution >= 0.6 is 15.9 Å². The molecule has 1 aliphatic carbocycles. The summed E-state index contributed by atoms with van der Waals surface area (Å²) >= 11 is 3.38. The molecule has 1 saturated carbocycles. The molecule has 0 aromatic heterocycles. The second-order valence-corrected chi connectivity index (χ2v) is 4.88. The molecule has 0 aromatic carbocycles. The summed E-state index contributed by atoms with van der Waals surface area (Å²) < 4.78 is 0. The molecule has 1 fully saturated rings. The Labute approximate surface area is 82.2 Å². The maximum atomic E-state index is 11.4. The number of alkyl halides is 1. The van der Waals surface area contributed by atoms with Crippen LogP contribution in [0.2, 0.25) is 0 Å². The molecule has 70 valence electrons. The Morgan fingerprint density at radius 3 is 2.58 bits per heavy atom. The van der Waals surface area contributed by atoms with Crippen molar-refractivity contribution in [3.05, 3.63) is 0 Å². The van der Waals surface area contributed by atoms with Gasteiger partial charge in [0.25, 0.3) is 0 Å².